The van der Waals surface area contributed by atoms with Gasteiger partial charge in [0.1, 0.15) is 5.84 Å². The maximum Gasteiger partial charge on any atom is 0.172 e. The van der Waals surface area contributed by atoms with E-state index in [9.17, 15) is 0 Å². The molecule has 0 saturated carbocycles. The molecular formula is C11H13ClN4. The Balaban J connectivity index is 2.75. The Kier molecular flexibility index (Phi) is 5.22. The van der Waals surface area contributed by atoms with Crippen molar-refractivity contribution >= 4 is 23.3 Å². The molecule has 0 unspecified atom stereocenters. The van der Waals surface area contributed by atoms with Crippen molar-refractivity contribution < 1.29 is 0 Å². The number of nitrogens with zero attached hydrogens (tertiary/aromatic N) is 3. The van der Waals surface area contributed by atoms with E-state index < -0.39 is 0 Å². The van der Waals surface area contributed by atoms with Crippen molar-refractivity contribution in [3.63, 3.8) is 0 Å². The van der Waals surface area contributed by atoms with Gasteiger partial charge in [-0.05, 0) is 18.6 Å². The maximum atomic E-state index is 5.90. The minimum atomic E-state index is 0.297. The van der Waals surface area contributed by atoms with Gasteiger partial charge < -0.3 is 5.73 Å². The summed E-state index contributed by atoms with van der Waals surface area (Å²) in [7, 11) is 0. The van der Waals surface area contributed by atoms with Crippen LogP contribution < -0.4 is 5.73 Å². The average Bonchev–Trinajstić information content (AvgIpc) is 2.27. The lowest BCUT2D eigenvalue weighted by Crippen LogP contribution is -2.07. The Morgan fingerprint density at radius 3 is 3.00 bits per heavy atom. The fourth-order valence-corrected chi connectivity index (χ4v) is 1.13. The first-order valence-electron chi connectivity index (χ1n) is 4.86. The van der Waals surface area contributed by atoms with Crippen molar-refractivity contribution in [1.82, 2.24) is 9.97 Å². The number of nitrogens with two attached hydrogens (primary N) is 1. The SMILES string of the molecule is CC/C=C\C(Cl)=C/C(N)=Nc1cnccn1. The number of aromatic nitrogens is 2. The first-order valence-corrected chi connectivity index (χ1v) is 5.24. The standard InChI is InChI=1S/C11H13ClN4/c1-2-3-4-9(12)7-10(13)16-11-8-14-5-6-15-11/h3-8H,2H2,1H3,(H2,13,15,16)/b4-3-,9-7+. The van der Waals surface area contributed by atoms with Crippen molar-refractivity contribution in [1.29, 1.82) is 0 Å². The van der Waals surface area contributed by atoms with E-state index in [1.807, 2.05) is 13.0 Å². The summed E-state index contributed by atoms with van der Waals surface area (Å²) in [5.41, 5.74) is 5.67. The van der Waals surface area contributed by atoms with Crippen molar-refractivity contribution in [3.8, 4) is 0 Å². The van der Waals surface area contributed by atoms with Crippen LogP contribution in [0.3, 0.4) is 0 Å². The summed E-state index contributed by atoms with van der Waals surface area (Å²) in [6.07, 6.45) is 10.9. The van der Waals surface area contributed by atoms with E-state index in [4.69, 9.17) is 17.3 Å². The van der Waals surface area contributed by atoms with E-state index in [-0.39, 0.29) is 0 Å². The molecule has 0 atom stereocenters. The van der Waals surface area contributed by atoms with E-state index in [1.54, 1.807) is 24.5 Å². The Morgan fingerprint density at radius 1 is 1.56 bits per heavy atom. The molecule has 1 aromatic rings. The third-order valence-corrected chi connectivity index (χ3v) is 1.83. The molecule has 84 valence electrons. The minimum Gasteiger partial charge on any atom is -0.384 e. The first kappa shape index (κ1) is 12.4. The second-order valence-corrected chi connectivity index (χ2v) is 3.38. The normalized spacial score (nSPS) is 13.4. The zero-order chi connectivity index (χ0) is 11.8. The summed E-state index contributed by atoms with van der Waals surface area (Å²) in [5.74, 6) is 0.756. The fourth-order valence-electron chi connectivity index (χ4n) is 0.933. The van der Waals surface area contributed by atoms with Gasteiger partial charge in [0.15, 0.2) is 5.82 Å². The van der Waals surface area contributed by atoms with E-state index >= 15 is 0 Å². The van der Waals surface area contributed by atoms with Gasteiger partial charge >= 0.3 is 0 Å². The molecule has 1 rings (SSSR count). The largest absolute Gasteiger partial charge is 0.384 e. The smallest absolute Gasteiger partial charge is 0.172 e. The maximum absolute atomic E-state index is 5.90. The van der Waals surface area contributed by atoms with Crippen LogP contribution in [0.4, 0.5) is 5.82 Å². The number of amidine groups is 1. The molecule has 0 spiro atoms. The molecule has 0 bridgehead atoms. The molecule has 0 amide bonds. The number of rotatable bonds is 4. The lowest BCUT2D eigenvalue weighted by molar-refractivity contribution is 1.17. The lowest BCUT2D eigenvalue weighted by Gasteiger charge is -1.94. The van der Waals surface area contributed by atoms with Crippen LogP contribution >= 0.6 is 11.6 Å². The molecule has 0 aliphatic heterocycles. The predicted octanol–water partition coefficient (Wildman–Crippen LogP) is 2.55. The summed E-state index contributed by atoms with van der Waals surface area (Å²) in [5, 5.41) is 0.534. The Morgan fingerprint density at radius 2 is 2.38 bits per heavy atom. The summed E-state index contributed by atoms with van der Waals surface area (Å²) in [6.45, 7) is 2.03. The zero-order valence-electron chi connectivity index (χ0n) is 8.97. The van der Waals surface area contributed by atoms with E-state index in [1.165, 1.54) is 6.20 Å². The van der Waals surface area contributed by atoms with Gasteiger partial charge in [-0.2, -0.15) is 0 Å². The van der Waals surface area contributed by atoms with Crippen LogP contribution in [0.2, 0.25) is 0 Å². The Hall–Kier alpha value is -1.68. The third-order valence-electron chi connectivity index (χ3n) is 1.59. The predicted molar refractivity (Wildman–Crippen MR) is 66.7 cm³/mol. The van der Waals surface area contributed by atoms with Crippen molar-refractivity contribution in [3.05, 3.63) is 41.9 Å². The molecular weight excluding hydrogens is 224 g/mol. The first-order chi connectivity index (χ1) is 7.72. The van der Waals surface area contributed by atoms with E-state index in [2.05, 4.69) is 15.0 Å². The number of allylic oxidation sites excluding steroid dienone is 3. The zero-order valence-corrected chi connectivity index (χ0v) is 9.72. The van der Waals surface area contributed by atoms with E-state index in [0.717, 1.165) is 6.42 Å². The Bertz CT molecular complexity index is 409. The number of hydrogen-bond acceptors (Lipinski definition) is 3. The number of halogens is 1. The molecule has 16 heavy (non-hydrogen) atoms. The second kappa shape index (κ2) is 6.74. The second-order valence-electron chi connectivity index (χ2n) is 2.94. The van der Waals surface area contributed by atoms with Gasteiger partial charge in [0.25, 0.3) is 0 Å². The van der Waals surface area contributed by atoms with Gasteiger partial charge in [0.05, 0.1) is 6.20 Å². The van der Waals surface area contributed by atoms with Crippen LogP contribution in [0, 0.1) is 0 Å². The molecule has 0 fully saturated rings. The summed E-state index contributed by atoms with van der Waals surface area (Å²) < 4.78 is 0. The topological polar surface area (TPSA) is 64.2 Å². The number of hydrogen-bond donors (Lipinski definition) is 1. The number of aliphatic imine (C=N–C) groups is 1. The molecule has 1 heterocycles. The van der Waals surface area contributed by atoms with Gasteiger partial charge in [0.2, 0.25) is 0 Å². The van der Waals surface area contributed by atoms with Crippen LogP contribution in [0.5, 0.6) is 0 Å². The molecule has 0 saturated heterocycles. The summed E-state index contributed by atoms with van der Waals surface area (Å²) in [6, 6.07) is 0. The molecule has 0 aromatic carbocycles. The highest BCUT2D eigenvalue weighted by Gasteiger charge is 1.92. The Labute approximate surface area is 99.6 Å². The van der Waals surface area contributed by atoms with Crippen LogP contribution in [0.25, 0.3) is 0 Å². The van der Waals surface area contributed by atoms with Gasteiger partial charge in [-0.15, -0.1) is 0 Å². The third kappa shape index (κ3) is 4.70. The van der Waals surface area contributed by atoms with Crippen LogP contribution in [-0.4, -0.2) is 15.8 Å². The van der Waals surface area contributed by atoms with Gasteiger partial charge in [0, 0.05) is 17.4 Å². The van der Waals surface area contributed by atoms with Crippen LogP contribution in [0.1, 0.15) is 13.3 Å². The molecule has 2 N–H and O–H groups in total. The summed E-state index contributed by atoms with van der Waals surface area (Å²) in [4.78, 5) is 11.9. The molecule has 4 nitrogen and oxygen atoms in total. The van der Waals surface area contributed by atoms with Gasteiger partial charge in [-0.1, -0.05) is 24.6 Å². The average molecular weight is 237 g/mol. The highest BCUT2D eigenvalue weighted by molar-refractivity contribution is 6.32. The molecule has 0 radical (unpaired) electrons. The fraction of sp³-hybridized carbons (Fsp3) is 0.182. The van der Waals surface area contributed by atoms with Crippen LogP contribution in [0.15, 0.2) is 46.8 Å². The molecule has 5 heteroatoms. The minimum absolute atomic E-state index is 0.297. The molecule has 0 aliphatic rings. The molecule has 1 aromatic heterocycles. The van der Waals surface area contributed by atoms with E-state index in [0.29, 0.717) is 16.7 Å². The molecule has 0 aliphatic carbocycles. The monoisotopic (exact) mass is 236 g/mol. The highest BCUT2D eigenvalue weighted by atomic mass is 35.5. The summed E-state index contributed by atoms with van der Waals surface area (Å²) >= 11 is 5.90. The van der Waals surface area contributed by atoms with Crippen LogP contribution in [-0.2, 0) is 0 Å². The highest BCUT2D eigenvalue weighted by Crippen LogP contribution is 2.06. The van der Waals surface area contributed by atoms with Gasteiger partial charge in [-0.25, -0.2) is 9.98 Å². The lowest BCUT2D eigenvalue weighted by atomic mass is 10.3. The quantitative estimate of drug-likeness (QED) is 0.496. The van der Waals surface area contributed by atoms with Crippen molar-refractivity contribution in [2.75, 3.05) is 0 Å². The van der Waals surface area contributed by atoms with Crippen molar-refractivity contribution in [2.45, 2.75) is 13.3 Å². The van der Waals surface area contributed by atoms with Crippen molar-refractivity contribution in [2.24, 2.45) is 10.7 Å². The van der Waals surface area contributed by atoms with Gasteiger partial charge in [-0.3, -0.25) is 4.98 Å².